The van der Waals surface area contributed by atoms with E-state index in [1.807, 2.05) is 5.32 Å². The standard InChI is InChI=1S/C10H10F4N2O3S/c11-7-2-1-6(20(15,18)19)5-8(7)16-9(17)3-4-10(12,13)14/h1-2,5H,3-4H2,(H,16,17)(H2,15,18,19). The molecule has 0 aliphatic carbocycles. The number of carbonyl (C=O) groups is 1. The van der Waals surface area contributed by atoms with E-state index in [4.69, 9.17) is 5.14 Å². The quantitative estimate of drug-likeness (QED) is 0.830. The zero-order valence-electron chi connectivity index (χ0n) is 9.87. The van der Waals surface area contributed by atoms with Crippen LogP contribution in [0.1, 0.15) is 12.8 Å². The zero-order chi connectivity index (χ0) is 15.6. The number of amides is 1. The van der Waals surface area contributed by atoms with Gasteiger partial charge in [-0.05, 0) is 18.2 Å². The molecule has 1 amide bonds. The number of benzene rings is 1. The summed E-state index contributed by atoms with van der Waals surface area (Å²) >= 11 is 0. The van der Waals surface area contributed by atoms with Crippen molar-refractivity contribution in [2.24, 2.45) is 5.14 Å². The fourth-order valence-electron chi connectivity index (χ4n) is 1.25. The second kappa shape index (κ2) is 5.75. The Balaban J connectivity index is 2.85. The highest BCUT2D eigenvalue weighted by Crippen LogP contribution is 2.23. The molecule has 0 unspecified atom stereocenters. The molecule has 1 aromatic rings. The van der Waals surface area contributed by atoms with E-state index in [0.717, 1.165) is 18.2 Å². The molecule has 0 heterocycles. The largest absolute Gasteiger partial charge is 0.389 e. The number of primary sulfonamides is 1. The number of anilines is 1. The van der Waals surface area contributed by atoms with Gasteiger partial charge in [0.2, 0.25) is 15.9 Å². The first-order valence-electron chi connectivity index (χ1n) is 5.18. The molecule has 3 N–H and O–H groups in total. The fraction of sp³-hybridized carbons (Fsp3) is 0.300. The lowest BCUT2D eigenvalue weighted by Gasteiger charge is -2.09. The summed E-state index contributed by atoms with van der Waals surface area (Å²) in [6.45, 7) is 0. The van der Waals surface area contributed by atoms with Gasteiger partial charge in [-0.25, -0.2) is 17.9 Å². The monoisotopic (exact) mass is 314 g/mol. The van der Waals surface area contributed by atoms with Gasteiger partial charge in [0, 0.05) is 6.42 Å². The van der Waals surface area contributed by atoms with E-state index >= 15 is 0 Å². The van der Waals surface area contributed by atoms with Crippen LogP contribution in [0.5, 0.6) is 0 Å². The predicted octanol–water partition coefficient (Wildman–Crippen LogP) is 1.75. The topological polar surface area (TPSA) is 89.3 Å². The molecule has 1 rings (SSSR count). The van der Waals surface area contributed by atoms with E-state index in [9.17, 15) is 30.8 Å². The van der Waals surface area contributed by atoms with Crippen molar-refractivity contribution in [1.29, 1.82) is 0 Å². The zero-order valence-corrected chi connectivity index (χ0v) is 10.7. The van der Waals surface area contributed by atoms with Crippen LogP contribution in [0.15, 0.2) is 23.1 Å². The van der Waals surface area contributed by atoms with Gasteiger partial charge in [0.05, 0.1) is 17.0 Å². The maximum Gasteiger partial charge on any atom is 0.389 e. The Morgan fingerprint density at radius 2 is 1.90 bits per heavy atom. The van der Waals surface area contributed by atoms with Gasteiger partial charge in [-0.1, -0.05) is 0 Å². The van der Waals surface area contributed by atoms with E-state index in [1.165, 1.54) is 0 Å². The number of rotatable bonds is 4. The Labute approximate surface area is 111 Å². The van der Waals surface area contributed by atoms with Crippen molar-refractivity contribution in [2.45, 2.75) is 23.9 Å². The van der Waals surface area contributed by atoms with Crippen LogP contribution in [0.25, 0.3) is 0 Å². The van der Waals surface area contributed by atoms with Gasteiger partial charge in [-0.3, -0.25) is 4.79 Å². The summed E-state index contributed by atoms with van der Waals surface area (Å²) in [6.07, 6.45) is -6.78. The Morgan fingerprint density at radius 3 is 2.40 bits per heavy atom. The van der Waals surface area contributed by atoms with E-state index < -0.39 is 51.3 Å². The number of nitrogens with one attached hydrogen (secondary N) is 1. The molecule has 112 valence electrons. The molecule has 0 saturated heterocycles. The number of halogens is 4. The third kappa shape index (κ3) is 5.13. The van der Waals surface area contributed by atoms with Gasteiger partial charge in [-0.2, -0.15) is 13.2 Å². The number of hydrogen-bond acceptors (Lipinski definition) is 3. The van der Waals surface area contributed by atoms with Gasteiger partial charge in [0.25, 0.3) is 0 Å². The molecule has 0 atom stereocenters. The van der Waals surface area contributed by atoms with E-state index in [-0.39, 0.29) is 0 Å². The van der Waals surface area contributed by atoms with Crippen LogP contribution in [0.3, 0.4) is 0 Å². The van der Waals surface area contributed by atoms with E-state index in [1.54, 1.807) is 0 Å². The minimum absolute atomic E-state index is 0.468. The number of sulfonamides is 1. The predicted molar refractivity (Wildman–Crippen MR) is 61.7 cm³/mol. The van der Waals surface area contributed by atoms with Crippen molar-refractivity contribution < 1.29 is 30.8 Å². The minimum Gasteiger partial charge on any atom is -0.324 e. The normalized spacial score (nSPS) is 12.2. The second-order valence-corrected chi connectivity index (χ2v) is 5.41. The molecule has 5 nitrogen and oxygen atoms in total. The third-order valence-corrected chi connectivity index (χ3v) is 3.09. The molecule has 0 aromatic heterocycles. The van der Waals surface area contributed by atoms with E-state index in [0.29, 0.717) is 0 Å². The smallest absolute Gasteiger partial charge is 0.324 e. The Morgan fingerprint density at radius 1 is 1.30 bits per heavy atom. The fourth-order valence-corrected chi connectivity index (χ4v) is 1.78. The van der Waals surface area contributed by atoms with Gasteiger partial charge in [-0.15, -0.1) is 0 Å². The maximum atomic E-state index is 13.3. The lowest BCUT2D eigenvalue weighted by atomic mass is 10.2. The Bertz CT molecular complexity index is 613. The first kappa shape index (κ1) is 16.4. The third-order valence-electron chi connectivity index (χ3n) is 2.18. The summed E-state index contributed by atoms with van der Waals surface area (Å²) in [5, 5.41) is 6.67. The lowest BCUT2D eigenvalue weighted by molar-refractivity contribution is -0.142. The number of nitrogens with two attached hydrogens (primary N) is 1. The molecule has 0 spiro atoms. The molecular formula is C10H10F4N2O3S. The Kier molecular flexibility index (Phi) is 4.71. The summed E-state index contributed by atoms with van der Waals surface area (Å²) < 4.78 is 71.1. The molecule has 10 heteroatoms. The van der Waals surface area contributed by atoms with Crippen LogP contribution < -0.4 is 10.5 Å². The van der Waals surface area contributed by atoms with Gasteiger partial charge < -0.3 is 5.32 Å². The summed E-state index contributed by atoms with van der Waals surface area (Å²) in [6, 6.07) is 2.34. The summed E-state index contributed by atoms with van der Waals surface area (Å²) in [5.41, 5.74) is -0.552. The highest BCUT2D eigenvalue weighted by molar-refractivity contribution is 7.89. The number of alkyl halides is 3. The first-order valence-corrected chi connectivity index (χ1v) is 6.72. The van der Waals surface area contributed by atoms with Gasteiger partial charge in [0.15, 0.2) is 0 Å². The molecule has 0 radical (unpaired) electrons. The maximum absolute atomic E-state index is 13.3. The summed E-state index contributed by atoms with van der Waals surface area (Å²) in [4.78, 5) is 10.7. The molecular weight excluding hydrogens is 304 g/mol. The highest BCUT2D eigenvalue weighted by atomic mass is 32.2. The van der Waals surface area contributed by atoms with Crippen LogP contribution in [0.4, 0.5) is 23.2 Å². The average Bonchev–Trinajstić information content (AvgIpc) is 2.27. The van der Waals surface area contributed by atoms with Crippen LogP contribution >= 0.6 is 0 Å². The van der Waals surface area contributed by atoms with Crippen LogP contribution in [0, 0.1) is 5.82 Å². The lowest BCUT2D eigenvalue weighted by Crippen LogP contribution is -2.18. The van der Waals surface area contributed by atoms with Crippen LogP contribution in [-0.4, -0.2) is 20.5 Å². The van der Waals surface area contributed by atoms with Gasteiger partial charge in [0.1, 0.15) is 5.82 Å². The molecule has 0 saturated carbocycles. The second-order valence-electron chi connectivity index (χ2n) is 3.85. The summed E-state index contributed by atoms with van der Waals surface area (Å²) in [5.74, 6) is -2.08. The Hall–Kier alpha value is -1.68. The van der Waals surface area contributed by atoms with Gasteiger partial charge >= 0.3 is 6.18 Å². The van der Waals surface area contributed by atoms with E-state index in [2.05, 4.69) is 0 Å². The molecule has 0 fully saturated rings. The molecule has 20 heavy (non-hydrogen) atoms. The number of carbonyl (C=O) groups excluding carboxylic acids is 1. The molecule has 0 bridgehead atoms. The number of hydrogen-bond donors (Lipinski definition) is 2. The van der Waals surface area contributed by atoms with Crippen molar-refractivity contribution in [3.8, 4) is 0 Å². The van der Waals surface area contributed by atoms with Crippen molar-refractivity contribution in [1.82, 2.24) is 0 Å². The van der Waals surface area contributed by atoms with Crippen molar-refractivity contribution in [2.75, 3.05) is 5.32 Å². The van der Waals surface area contributed by atoms with Crippen molar-refractivity contribution in [3.05, 3.63) is 24.0 Å². The van der Waals surface area contributed by atoms with Crippen molar-refractivity contribution in [3.63, 3.8) is 0 Å². The average molecular weight is 314 g/mol. The SMILES string of the molecule is NS(=O)(=O)c1ccc(F)c(NC(=O)CCC(F)(F)F)c1. The van der Waals surface area contributed by atoms with Crippen LogP contribution in [-0.2, 0) is 14.8 Å². The minimum atomic E-state index is -4.52. The van der Waals surface area contributed by atoms with Crippen LogP contribution in [0.2, 0.25) is 0 Å². The highest BCUT2D eigenvalue weighted by Gasteiger charge is 2.28. The first-order chi connectivity index (χ1) is 8.99. The molecule has 0 aliphatic heterocycles. The molecule has 0 aliphatic rings. The summed E-state index contributed by atoms with van der Waals surface area (Å²) in [7, 11) is -4.11. The molecule has 1 aromatic carbocycles. The van der Waals surface area contributed by atoms with Crippen molar-refractivity contribution >= 4 is 21.6 Å².